The van der Waals surface area contributed by atoms with E-state index in [0.29, 0.717) is 17.0 Å². The minimum atomic E-state index is -1.45. The standard InChI is InChI=1S/C18H10F4N2/c19-13-9-14(20)18(22)12(17(13)21)6-4-11-5-7-16(24-10-11)15-3-1-2-8-23-15/h1-10H/b6-4+. The molecule has 0 saturated carbocycles. The molecular formula is C18H10F4N2. The third-order valence-corrected chi connectivity index (χ3v) is 3.30. The molecule has 0 unspecified atom stereocenters. The van der Waals surface area contributed by atoms with E-state index in [2.05, 4.69) is 9.97 Å². The van der Waals surface area contributed by atoms with Crippen molar-refractivity contribution >= 4 is 12.2 Å². The number of aromatic nitrogens is 2. The number of nitrogens with zero attached hydrogens (tertiary/aromatic N) is 2. The molecule has 0 amide bonds. The molecule has 0 aliphatic rings. The topological polar surface area (TPSA) is 25.8 Å². The van der Waals surface area contributed by atoms with Crippen LogP contribution in [0.3, 0.4) is 0 Å². The highest BCUT2D eigenvalue weighted by Crippen LogP contribution is 2.22. The number of halogens is 4. The molecule has 3 rings (SSSR count). The van der Waals surface area contributed by atoms with Crippen LogP contribution in [0.15, 0.2) is 48.8 Å². The lowest BCUT2D eigenvalue weighted by molar-refractivity contribution is 0.451. The first kappa shape index (κ1) is 15.9. The molecule has 2 nitrogen and oxygen atoms in total. The Morgan fingerprint density at radius 1 is 0.750 bits per heavy atom. The SMILES string of the molecule is Fc1cc(F)c(F)c(/C=C/c2ccc(-c3ccccn3)nc2)c1F. The van der Waals surface area contributed by atoms with Gasteiger partial charge in [-0.2, -0.15) is 0 Å². The maximum Gasteiger partial charge on any atom is 0.169 e. The average molecular weight is 330 g/mol. The molecule has 3 aromatic rings. The second-order valence-corrected chi connectivity index (χ2v) is 4.91. The maximum absolute atomic E-state index is 13.6. The van der Waals surface area contributed by atoms with E-state index in [1.807, 2.05) is 6.07 Å². The average Bonchev–Trinajstić information content (AvgIpc) is 2.61. The Bertz CT molecular complexity index is 865. The van der Waals surface area contributed by atoms with Crippen LogP contribution in [-0.2, 0) is 0 Å². The van der Waals surface area contributed by atoms with Gasteiger partial charge in [0.25, 0.3) is 0 Å². The zero-order chi connectivity index (χ0) is 17.1. The van der Waals surface area contributed by atoms with Gasteiger partial charge in [0, 0.05) is 18.5 Å². The van der Waals surface area contributed by atoms with Gasteiger partial charge in [0.15, 0.2) is 23.3 Å². The molecule has 0 fully saturated rings. The van der Waals surface area contributed by atoms with E-state index in [0.717, 1.165) is 6.08 Å². The van der Waals surface area contributed by atoms with E-state index in [4.69, 9.17) is 0 Å². The molecule has 120 valence electrons. The van der Waals surface area contributed by atoms with Crippen LogP contribution in [0.5, 0.6) is 0 Å². The molecule has 0 spiro atoms. The summed E-state index contributed by atoms with van der Waals surface area (Å²) in [5, 5.41) is 0. The van der Waals surface area contributed by atoms with Gasteiger partial charge in [-0.25, -0.2) is 17.6 Å². The summed E-state index contributed by atoms with van der Waals surface area (Å²) in [7, 11) is 0. The summed E-state index contributed by atoms with van der Waals surface area (Å²) in [5.41, 5.74) is 1.04. The van der Waals surface area contributed by atoms with Crippen LogP contribution >= 0.6 is 0 Å². The number of pyridine rings is 2. The molecule has 0 aliphatic carbocycles. The zero-order valence-corrected chi connectivity index (χ0v) is 12.2. The molecule has 0 N–H and O–H groups in total. The zero-order valence-electron chi connectivity index (χ0n) is 12.2. The monoisotopic (exact) mass is 330 g/mol. The van der Waals surface area contributed by atoms with Crippen molar-refractivity contribution in [2.45, 2.75) is 0 Å². The summed E-state index contributed by atoms with van der Waals surface area (Å²) in [6, 6.07) is 8.90. The summed E-state index contributed by atoms with van der Waals surface area (Å²) < 4.78 is 53.5. The van der Waals surface area contributed by atoms with Gasteiger partial charge in [0.2, 0.25) is 0 Å². The van der Waals surface area contributed by atoms with Crippen LogP contribution in [0.1, 0.15) is 11.1 Å². The van der Waals surface area contributed by atoms with Crippen molar-refractivity contribution in [1.29, 1.82) is 0 Å². The van der Waals surface area contributed by atoms with Gasteiger partial charge in [-0.15, -0.1) is 0 Å². The summed E-state index contributed by atoms with van der Waals surface area (Å²) in [6.07, 6.45) is 5.38. The van der Waals surface area contributed by atoms with Crippen molar-refractivity contribution in [3.63, 3.8) is 0 Å². The summed E-state index contributed by atoms with van der Waals surface area (Å²) in [5.74, 6) is -5.78. The molecule has 0 bridgehead atoms. The van der Waals surface area contributed by atoms with Gasteiger partial charge in [-0.3, -0.25) is 9.97 Å². The lowest BCUT2D eigenvalue weighted by Crippen LogP contribution is -1.97. The van der Waals surface area contributed by atoms with Gasteiger partial charge in [0.05, 0.1) is 17.0 Å². The molecular weight excluding hydrogens is 320 g/mol. The quantitative estimate of drug-likeness (QED) is 0.506. The number of rotatable bonds is 3. The summed E-state index contributed by atoms with van der Waals surface area (Å²) in [6.45, 7) is 0. The summed E-state index contributed by atoms with van der Waals surface area (Å²) >= 11 is 0. The fourth-order valence-electron chi connectivity index (χ4n) is 2.09. The first-order chi connectivity index (χ1) is 11.6. The molecule has 0 aliphatic heterocycles. The first-order valence-corrected chi connectivity index (χ1v) is 6.95. The second kappa shape index (κ2) is 6.62. The van der Waals surface area contributed by atoms with Crippen LogP contribution in [0, 0.1) is 23.3 Å². The Labute approximate surface area is 135 Å². The predicted molar refractivity (Wildman–Crippen MR) is 82.7 cm³/mol. The van der Waals surface area contributed by atoms with Gasteiger partial charge in [0.1, 0.15) is 0 Å². The number of hydrogen-bond donors (Lipinski definition) is 0. The largest absolute Gasteiger partial charge is 0.255 e. The van der Waals surface area contributed by atoms with Crippen molar-refractivity contribution in [3.8, 4) is 11.4 Å². The Morgan fingerprint density at radius 2 is 1.46 bits per heavy atom. The number of hydrogen-bond acceptors (Lipinski definition) is 2. The summed E-state index contributed by atoms with van der Waals surface area (Å²) in [4.78, 5) is 8.34. The molecule has 6 heteroatoms. The smallest absolute Gasteiger partial charge is 0.169 e. The molecule has 2 aromatic heterocycles. The van der Waals surface area contributed by atoms with E-state index in [9.17, 15) is 17.6 Å². The van der Waals surface area contributed by atoms with Crippen molar-refractivity contribution in [2.75, 3.05) is 0 Å². The second-order valence-electron chi connectivity index (χ2n) is 4.91. The van der Waals surface area contributed by atoms with E-state index in [1.54, 1.807) is 30.5 Å². The van der Waals surface area contributed by atoms with E-state index >= 15 is 0 Å². The van der Waals surface area contributed by atoms with Crippen molar-refractivity contribution in [1.82, 2.24) is 9.97 Å². The van der Waals surface area contributed by atoms with Crippen molar-refractivity contribution < 1.29 is 17.6 Å². The van der Waals surface area contributed by atoms with Crippen LogP contribution < -0.4 is 0 Å². The van der Waals surface area contributed by atoms with Crippen molar-refractivity contribution in [3.05, 3.63) is 83.2 Å². The highest BCUT2D eigenvalue weighted by molar-refractivity contribution is 5.70. The van der Waals surface area contributed by atoms with E-state index in [1.165, 1.54) is 12.3 Å². The molecule has 1 aromatic carbocycles. The van der Waals surface area contributed by atoms with Crippen LogP contribution in [0.25, 0.3) is 23.5 Å². The molecule has 0 saturated heterocycles. The third kappa shape index (κ3) is 3.17. The lowest BCUT2D eigenvalue weighted by Gasteiger charge is -2.03. The van der Waals surface area contributed by atoms with E-state index in [-0.39, 0.29) is 6.07 Å². The molecule has 24 heavy (non-hydrogen) atoms. The maximum atomic E-state index is 13.6. The fourth-order valence-corrected chi connectivity index (χ4v) is 2.09. The Morgan fingerprint density at radius 3 is 2.04 bits per heavy atom. The molecule has 2 heterocycles. The van der Waals surface area contributed by atoms with Gasteiger partial charge in [-0.05, 0) is 29.8 Å². The molecule has 0 radical (unpaired) electrons. The minimum Gasteiger partial charge on any atom is -0.255 e. The Kier molecular flexibility index (Phi) is 4.37. The van der Waals surface area contributed by atoms with Crippen LogP contribution in [-0.4, -0.2) is 9.97 Å². The van der Waals surface area contributed by atoms with Crippen molar-refractivity contribution in [2.24, 2.45) is 0 Å². The highest BCUT2D eigenvalue weighted by Gasteiger charge is 2.16. The normalized spacial score (nSPS) is 11.2. The molecule has 0 atom stereocenters. The Balaban J connectivity index is 1.89. The number of benzene rings is 1. The Hall–Kier alpha value is -3.02. The van der Waals surface area contributed by atoms with Gasteiger partial charge < -0.3 is 0 Å². The minimum absolute atomic E-state index is 0.172. The van der Waals surface area contributed by atoms with Gasteiger partial charge in [-0.1, -0.05) is 18.2 Å². The fraction of sp³-hybridized carbons (Fsp3) is 0. The predicted octanol–water partition coefficient (Wildman–Crippen LogP) is 4.87. The van der Waals surface area contributed by atoms with Crippen LogP contribution in [0.4, 0.5) is 17.6 Å². The highest BCUT2D eigenvalue weighted by atomic mass is 19.2. The van der Waals surface area contributed by atoms with Gasteiger partial charge >= 0.3 is 0 Å². The lowest BCUT2D eigenvalue weighted by atomic mass is 10.1. The van der Waals surface area contributed by atoms with Crippen LogP contribution in [0.2, 0.25) is 0 Å². The third-order valence-electron chi connectivity index (χ3n) is 3.30. The van der Waals surface area contributed by atoms with E-state index < -0.39 is 28.8 Å². The first-order valence-electron chi connectivity index (χ1n) is 6.95.